The number of nitrogens with zero attached hydrogens (tertiary/aromatic N) is 1. The van der Waals surface area contributed by atoms with Gasteiger partial charge in [-0.2, -0.15) is 0 Å². The minimum atomic E-state index is 0.497. The summed E-state index contributed by atoms with van der Waals surface area (Å²) in [5.74, 6) is 0. The van der Waals surface area contributed by atoms with E-state index in [1.165, 1.54) is 5.56 Å². The molecule has 2 aromatic carbocycles. The van der Waals surface area contributed by atoms with Crippen molar-refractivity contribution in [1.29, 1.82) is 0 Å². The number of nitrogens with one attached hydrogen (secondary N) is 1. The minimum absolute atomic E-state index is 0.497. The second-order valence-electron chi connectivity index (χ2n) is 4.48. The van der Waals surface area contributed by atoms with E-state index in [1.807, 2.05) is 18.2 Å². The highest BCUT2D eigenvalue weighted by Crippen LogP contribution is 2.42. The van der Waals surface area contributed by atoms with Crippen LogP contribution >= 0.6 is 0 Å². The molecule has 2 heteroatoms. The van der Waals surface area contributed by atoms with Gasteiger partial charge in [0.25, 0.3) is 0 Å². The van der Waals surface area contributed by atoms with Crippen LogP contribution in [0.2, 0.25) is 0 Å². The molecule has 3 atom stereocenters. The molecule has 3 rings (SSSR count). The van der Waals surface area contributed by atoms with Gasteiger partial charge in [-0.15, -0.1) is 0 Å². The van der Waals surface area contributed by atoms with E-state index < -0.39 is 0 Å². The molecule has 2 aromatic rings. The summed E-state index contributed by atoms with van der Waals surface area (Å²) in [5, 5.41) is 2.28. The Morgan fingerprint density at radius 1 is 0.882 bits per heavy atom. The monoisotopic (exact) mass is 224 g/mol. The standard InChI is InChI=1S/C15H16N2/c1-12-15(13-8-4-2-5-9-13)17(12)16-14-10-6-3-7-11-14/h2-12,15-16H,1H3/t12-,15?,17?/m1/s1. The van der Waals surface area contributed by atoms with E-state index in [0.717, 1.165) is 5.69 Å². The zero-order chi connectivity index (χ0) is 11.7. The molecule has 1 N–H and O–H groups in total. The molecule has 0 bridgehead atoms. The summed E-state index contributed by atoms with van der Waals surface area (Å²) in [5.41, 5.74) is 5.98. The Morgan fingerprint density at radius 3 is 2.12 bits per heavy atom. The molecular weight excluding hydrogens is 208 g/mol. The molecule has 0 amide bonds. The van der Waals surface area contributed by atoms with Crippen LogP contribution in [-0.4, -0.2) is 11.1 Å². The van der Waals surface area contributed by atoms with Crippen LogP contribution in [-0.2, 0) is 0 Å². The Bertz CT molecular complexity index is 481. The Kier molecular flexibility index (Phi) is 2.57. The van der Waals surface area contributed by atoms with Gasteiger partial charge in [-0.1, -0.05) is 48.5 Å². The molecule has 1 saturated heterocycles. The van der Waals surface area contributed by atoms with Crippen molar-refractivity contribution in [3.63, 3.8) is 0 Å². The van der Waals surface area contributed by atoms with E-state index in [9.17, 15) is 0 Å². The third kappa shape index (κ3) is 2.04. The maximum atomic E-state index is 3.45. The van der Waals surface area contributed by atoms with Gasteiger partial charge in [0, 0.05) is 11.7 Å². The van der Waals surface area contributed by atoms with Crippen molar-refractivity contribution in [2.75, 3.05) is 5.43 Å². The van der Waals surface area contributed by atoms with Crippen LogP contribution in [0.3, 0.4) is 0 Å². The lowest BCUT2D eigenvalue weighted by Crippen LogP contribution is -2.09. The van der Waals surface area contributed by atoms with Gasteiger partial charge in [0.1, 0.15) is 0 Å². The quantitative estimate of drug-likeness (QED) is 0.803. The predicted octanol–water partition coefficient (Wildman–Crippen LogP) is 3.46. The summed E-state index contributed by atoms with van der Waals surface area (Å²) < 4.78 is 0. The molecule has 86 valence electrons. The third-order valence-corrected chi connectivity index (χ3v) is 3.28. The molecule has 17 heavy (non-hydrogen) atoms. The Morgan fingerprint density at radius 2 is 1.47 bits per heavy atom. The van der Waals surface area contributed by atoms with Crippen molar-refractivity contribution in [3.8, 4) is 0 Å². The third-order valence-electron chi connectivity index (χ3n) is 3.28. The largest absolute Gasteiger partial charge is 0.318 e. The number of hydrogen-bond acceptors (Lipinski definition) is 2. The van der Waals surface area contributed by atoms with Gasteiger partial charge in [-0.3, -0.25) is 0 Å². The zero-order valence-corrected chi connectivity index (χ0v) is 9.88. The van der Waals surface area contributed by atoms with E-state index in [1.54, 1.807) is 0 Å². The molecular formula is C15H16N2. The summed E-state index contributed by atoms with van der Waals surface area (Å²) in [6.45, 7) is 2.24. The van der Waals surface area contributed by atoms with Crippen LogP contribution in [0.25, 0.3) is 0 Å². The average Bonchev–Trinajstić information content (AvgIpc) is 3.02. The lowest BCUT2D eigenvalue weighted by atomic mass is 10.1. The molecule has 1 fully saturated rings. The number of hydrazine groups is 1. The summed E-state index contributed by atoms with van der Waals surface area (Å²) in [6, 6.07) is 22.0. The van der Waals surface area contributed by atoms with Crippen molar-refractivity contribution in [1.82, 2.24) is 5.01 Å². The highest BCUT2D eigenvalue weighted by atomic mass is 15.6. The maximum Gasteiger partial charge on any atom is 0.0715 e. The van der Waals surface area contributed by atoms with Gasteiger partial charge in [-0.25, -0.2) is 5.01 Å². The fourth-order valence-electron chi connectivity index (χ4n) is 2.27. The number of para-hydroxylation sites is 1. The normalized spacial score (nSPS) is 26.5. The molecule has 1 heterocycles. The Hall–Kier alpha value is -1.80. The second kappa shape index (κ2) is 4.22. The first-order valence-electron chi connectivity index (χ1n) is 6.01. The first kappa shape index (κ1) is 10.4. The molecule has 0 saturated carbocycles. The first-order valence-corrected chi connectivity index (χ1v) is 6.01. The van der Waals surface area contributed by atoms with Gasteiger partial charge < -0.3 is 5.43 Å². The molecule has 1 aliphatic heterocycles. The molecule has 2 unspecified atom stereocenters. The first-order chi connectivity index (χ1) is 8.36. The van der Waals surface area contributed by atoms with Crippen LogP contribution in [0.4, 0.5) is 5.69 Å². The van der Waals surface area contributed by atoms with Crippen LogP contribution in [0, 0.1) is 0 Å². The Labute approximate surface area is 102 Å². The SMILES string of the molecule is C[C@@H]1C(c2ccccc2)N1Nc1ccccc1. The van der Waals surface area contributed by atoms with E-state index in [2.05, 4.69) is 59.8 Å². The Balaban J connectivity index is 1.72. The van der Waals surface area contributed by atoms with Crippen molar-refractivity contribution >= 4 is 5.69 Å². The number of anilines is 1. The number of hydrogen-bond donors (Lipinski definition) is 1. The van der Waals surface area contributed by atoms with Crippen LogP contribution in [0.5, 0.6) is 0 Å². The highest BCUT2D eigenvalue weighted by molar-refractivity contribution is 5.43. The predicted molar refractivity (Wildman–Crippen MR) is 70.5 cm³/mol. The van der Waals surface area contributed by atoms with Gasteiger partial charge in [0.05, 0.1) is 6.04 Å². The lowest BCUT2D eigenvalue weighted by Gasteiger charge is -2.08. The molecule has 0 radical (unpaired) electrons. The fourth-order valence-corrected chi connectivity index (χ4v) is 2.27. The smallest absolute Gasteiger partial charge is 0.0715 e. The summed E-state index contributed by atoms with van der Waals surface area (Å²) >= 11 is 0. The highest BCUT2D eigenvalue weighted by Gasteiger charge is 2.45. The van der Waals surface area contributed by atoms with Crippen LogP contribution in [0.15, 0.2) is 60.7 Å². The average molecular weight is 224 g/mol. The van der Waals surface area contributed by atoms with E-state index in [0.29, 0.717) is 12.1 Å². The molecule has 0 aliphatic carbocycles. The van der Waals surface area contributed by atoms with Crippen molar-refractivity contribution in [2.24, 2.45) is 0 Å². The van der Waals surface area contributed by atoms with Crippen LogP contribution in [0.1, 0.15) is 18.5 Å². The summed E-state index contributed by atoms with van der Waals surface area (Å²) in [4.78, 5) is 0. The minimum Gasteiger partial charge on any atom is -0.318 e. The van der Waals surface area contributed by atoms with E-state index in [-0.39, 0.29) is 0 Å². The van der Waals surface area contributed by atoms with Crippen molar-refractivity contribution in [2.45, 2.75) is 19.0 Å². The van der Waals surface area contributed by atoms with Gasteiger partial charge >= 0.3 is 0 Å². The van der Waals surface area contributed by atoms with Gasteiger partial charge in [0.15, 0.2) is 0 Å². The number of benzene rings is 2. The van der Waals surface area contributed by atoms with Gasteiger partial charge in [-0.05, 0) is 24.6 Å². The second-order valence-corrected chi connectivity index (χ2v) is 4.48. The molecule has 0 aromatic heterocycles. The summed E-state index contributed by atoms with van der Waals surface area (Å²) in [6.07, 6.45) is 0. The maximum absolute atomic E-state index is 3.45. The van der Waals surface area contributed by atoms with E-state index >= 15 is 0 Å². The number of rotatable bonds is 3. The lowest BCUT2D eigenvalue weighted by molar-refractivity contribution is 0.587. The fraction of sp³-hybridized carbons (Fsp3) is 0.200. The van der Waals surface area contributed by atoms with Crippen molar-refractivity contribution < 1.29 is 0 Å². The topological polar surface area (TPSA) is 15.0 Å². The molecule has 0 spiro atoms. The van der Waals surface area contributed by atoms with E-state index in [4.69, 9.17) is 0 Å². The van der Waals surface area contributed by atoms with Crippen molar-refractivity contribution in [3.05, 3.63) is 66.2 Å². The zero-order valence-electron chi connectivity index (χ0n) is 9.88. The van der Waals surface area contributed by atoms with Crippen LogP contribution < -0.4 is 5.43 Å². The summed E-state index contributed by atoms with van der Waals surface area (Å²) in [7, 11) is 0. The molecule has 1 aliphatic rings. The van der Waals surface area contributed by atoms with Gasteiger partial charge in [0.2, 0.25) is 0 Å². The molecule has 2 nitrogen and oxygen atoms in total.